The minimum Gasteiger partial charge on any atom is -0.396 e. The number of unbranched alkanes of at least 4 members (excludes halogenated alkanes) is 1. The molecule has 0 radical (unpaired) electrons. The second-order valence-electron chi connectivity index (χ2n) is 2.64. The summed E-state index contributed by atoms with van der Waals surface area (Å²) in [5.41, 5.74) is 0. The lowest BCUT2D eigenvalue weighted by Gasteiger charge is -1.99. The van der Waals surface area contributed by atoms with Crippen molar-refractivity contribution in [1.82, 2.24) is 9.55 Å². The molecular formula is C8H14N2O. The van der Waals surface area contributed by atoms with Crippen molar-refractivity contribution in [1.29, 1.82) is 0 Å². The quantitative estimate of drug-likeness (QED) is 0.649. The van der Waals surface area contributed by atoms with Crippen molar-refractivity contribution in [2.24, 2.45) is 7.05 Å². The van der Waals surface area contributed by atoms with Crippen molar-refractivity contribution < 1.29 is 5.11 Å². The summed E-state index contributed by atoms with van der Waals surface area (Å²) in [6.07, 6.45) is 6.58. The fraction of sp³-hybridized carbons (Fsp3) is 0.625. The Bertz CT molecular complexity index is 208. The van der Waals surface area contributed by atoms with Gasteiger partial charge in [-0.05, 0) is 12.8 Å². The molecule has 3 heteroatoms. The van der Waals surface area contributed by atoms with Gasteiger partial charge in [0.1, 0.15) is 5.82 Å². The van der Waals surface area contributed by atoms with Gasteiger partial charge in [-0.3, -0.25) is 0 Å². The van der Waals surface area contributed by atoms with Crippen LogP contribution in [0.1, 0.15) is 18.7 Å². The summed E-state index contributed by atoms with van der Waals surface area (Å²) in [5.74, 6) is 1.10. The van der Waals surface area contributed by atoms with Crippen molar-refractivity contribution in [3.8, 4) is 0 Å². The van der Waals surface area contributed by atoms with Crippen molar-refractivity contribution >= 4 is 0 Å². The predicted octanol–water partition coefficient (Wildman–Crippen LogP) is 0.735. The molecule has 1 aromatic heterocycles. The van der Waals surface area contributed by atoms with Crippen molar-refractivity contribution in [3.63, 3.8) is 0 Å². The van der Waals surface area contributed by atoms with E-state index in [0.29, 0.717) is 0 Å². The van der Waals surface area contributed by atoms with E-state index >= 15 is 0 Å². The molecule has 1 aromatic rings. The highest BCUT2D eigenvalue weighted by Crippen LogP contribution is 2.00. The Morgan fingerprint density at radius 2 is 2.36 bits per heavy atom. The van der Waals surface area contributed by atoms with Crippen LogP contribution in [-0.2, 0) is 13.5 Å². The highest BCUT2D eigenvalue weighted by molar-refractivity contribution is 4.90. The predicted molar refractivity (Wildman–Crippen MR) is 43.2 cm³/mol. The fourth-order valence-electron chi connectivity index (χ4n) is 1.03. The number of aliphatic hydroxyl groups excluding tert-OH is 1. The molecule has 0 spiro atoms. The van der Waals surface area contributed by atoms with Gasteiger partial charge >= 0.3 is 0 Å². The van der Waals surface area contributed by atoms with Crippen molar-refractivity contribution in [2.75, 3.05) is 6.61 Å². The van der Waals surface area contributed by atoms with Gasteiger partial charge in [0, 0.05) is 32.5 Å². The number of hydrogen-bond donors (Lipinski definition) is 1. The van der Waals surface area contributed by atoms with Gasteiger partial charge in [-0.15, -0.1) is 0 Å². The zero-order valence-electron chi connectivity index (χ0n) is 6.82. The molecule has 1 N–H and O–H groups in total. The normalized spacial score (nSPS) is 10.4. The molecule has 0 aromatic carbocycles. The summed E-state index contributed by atoms with van der Waals surface area (Å²) in [5, 5.41) is 8.54. The van der Waals surface area contributed by atoms with Crippen LogP contribution in [0.2, 0.25) is 0 Å². The van der Waals surface area contributed by atoms with E-state index in [-0.39, 0.29) is 6.61 Å². The van der Waals surface area contributed by atoms with Crippen LogP contribution < -0.4 is 0 Å². The van der Waals surface area contributed by atoms with Gasteiger partial charge in [0.15, 0.2) is 0 Å². The van der Waals surface area contributed by atoms with Gasteiger partial charge in [-0.1, -0.05) is 0 Å². The monoisotopic (exact) mass is 154 g/mol. The molecule has 62 valence electrons. The standard InChI is InChI=1S/C8H14N2O/c1-10-6-5-9-8(10)4-2-3-7-11/h5-6,11H,2-4,7H2,1H3. The fourth-order valence-corrected chi connectivity index (χ4v) is 1.03. The smallest absolute Gasteiger partial charge is 0.108 e. The van der Waals surface area contributed by atoms with E-state index in [4.69, 9.17) is 5.11 Å². The molecule has 1 heterocycles. The highest BCUT2D eigenvalue weighted by Gasteiger charge is 1.96. The van der Waals surface area contributed by atoms with Gasteiger partial charge in [0.25, 0.3) is 0 Å². The molecule has 0 fully saturated rings. The summed E-state index contributed by atoms with van der Waals surface area (Å²) in [6.45, 7) is 0.282. The maximum absolute atomic E-state index is 8.54. The molecule has 0 bridgehead atoms. The molecule has 11 heavy (non-hydrogen) atoms. The van der Waals surface area contributed by atoms with Crippen LogP contribution in [0.4, 0.5) is 0 Å². The summed E-state index contributed by atoms with van der Waals surface area (Å²) in [7, 11) is 1.99. The molecule has 0 saturated carbocycles. The van der Waals surface area contributed by atoms with Crippen LogP contribution in [-0.4, -0.2) is 21.3 Å². The first-order valence-electron chi connectivity index (χ1n) is 3.91. The van der Waals surface area contributed by atoms with Crippen molar-refractivity contribution in [2.45, 2.75) is 19.3 Å². The van der Waals surface area contributed by atoms with Crippen LogP contribution in [0, 0.1) is 0 Å². The first-order chi connectivity index (χ1) is 5.34. The highest BCUT2D eigenvalue weighted by atomic mass is 16.2. The Morgan fingerprint density at radius 3 is 2.91 bits per heavy atom. The Hall–Kier alpha value is -0.830. The zero-order valence-corrected chi connectivity index (χ0v) is 6.82. The first-order valence-corrected chi connectivity index (χ1v) is 3.91. The summed E-state index contributed by atoms with van der Waals surface area (Å²) >= 11 is 0. The number of nitrogens with zero attached hydrogens (tertiary/aromatic N) is 2. The summed E-state index contributed by atoms with van der Waals surface area (Å²) in [4.78, 5) is 4.17. The number of rotatable bonds is 4. The first kappa shape index (κ1) is 8.27. The van der Waals surface area contributed by atoms with Crippen LogP contribution in [0.5, 0.6) is 0 Å². The number of aromatic nitrogens is 2. The van der Waals surface area contributed by atoms with E-state index in [2.05, 4.69) is 4.98 Å². The van der Waals surface area contributed by atoms with Crippen LogP contribution in [0.3, 0.4) is 0 Å². The number of aliphatic hydroxyl groups is 1. The molecular weight excluding hydrogens is 140 g/mol. The Balaban J connectivity index is 2.32. The number of imidazole rings is 1. The number of aryl methyl sites for hydroxylation is 2. The maximum atomic E-state index is 8.54. The van der Waals surface area contributed by atoms with Gasteiger partial charge in [0.2, 0.25) is 0 Å². The Kier molecular flexibility index (Phi) is 3.11. The maximum Gasteiger partial charge on any atom is 0.108 e. The molecule has 0 aliphatic rings. The lowest BCUT2D eigenvalue weighted by molar-refractivity contribution is 0.284. The molecule has 1 rings (SSSR count). The van der Waals surface area contributed by atoms with Crippen LogP contribution >= 0.6 is 0 Å². The minimum atomic E-state index is 0.282. The minimum absolute atomic E-state index is 0.282. The van der Waals surface area contributed by atoms with E-state index in [9.17, 15) is 0 Å². The van der Waals surface area contributed by atoms with Gasteiger partial charge in [0.05, 0.1) is 0 Å². The van der Waals surface area contributed by atoms with Crippen molar-refractivity contribution in [3.05, 3.63) is 18.2 Å². The van der Waals surface area contributed by atoms with Gasteiger partial charge in [-0.25, -0.2) is 4.98 Å². The lowest BCUT2D eigenvalue weighted by atomic mass is 10.2. The van der Waals surface area contributed by atoms with Gasteiger partial charge < -0.3 is 9.67 Å². The van der Waals surface area contributed by atoms with E-state index in [0.717, 1.165) is 25.1 Å². The Labute approximate surface area is 66.7 Å². The van der Waals surface area contributed by atoms with Crippen LogP contribution in [0.15, 0.2) is 12.4 Å². The third-order valence-corrected chi connectivity index (χ3v) is 1.73. The second-order valence-corrected chi connectivity index (χ2v) is 2.64. The molecule has 0 saturated heterocycles. The van der Waals surface area contributed by atoms with E-state index in [1.165, 1.54) is 0 Å². The summed E-state index contributed by atoms with van der Waals surface area (Å²) < 4.78 is 2.01. The third kappa shape index (κ3) is 2.35. The molecule has 0 aliphatic carbocycles. The largest absolute Gasteiger partial charge is 0.396 e. The number of hydrogen-bond acceptors (Lipinski definition) is 2. The molecule has 0 unspecified atom stereocenters. The third-order valence-electron chi connectivity index (χ3n) is 1.73. The lowest BCUT2D eigenvalue weighted by Crippen LogP contribution is -1.97. The molecule has 0 amide bonds. The summed E-state index contributed by atoms with van der Waals surface area (Å²) in [6, 6.07) is 0. The average Bonchev–Trinajstić information content (AvgIpc) is 2.37. The Morgan fingerprint density at radius 1 is 1.55 bits per heavy atom. The molecule has 0 aliphatic heterocycles. The molecule has 0 atom stereocenters. The SMILES string of the molecule is Cn1ccnc1CCCCO. The van der Waals surface area contributed by atoms with E-state index < -0.39 is 0 Å². The van der Waals surface area contributed by atoms with E-state index in [1.807, 2.05) is 17.8 Å². The van der Waals surface area contributed by atoms with Gasteiger partial charge in [-0.2, -0.15) is 0 Å². The van der Waals surface area contributed by atoms with E-state index in [1.54, 1.807) is 6.20 Å². The van der Waals surface area contributed by atoms with Crippen LogP contribution in [0.25, 0.3) is 0 Å². The average molecular weight is 154 g/mol. The zero-order chi connectivity index (χ0) is 8.10. The molecule has 3 nitrogen and oxygen atoms in total. The topological polar surface area (TPSA) is 38.0 Å². The second kappa shape index (κ2) is 4.13.